The fourth-order valence-electron chi connectivity index (χ4n) is 6.81. The Hall–Kier alpha value is -3.62. The fraction of sp³-hybridized carbons (Fsp3) is 0.590. The first-order valence-electron chi connectivity index (χ1n) is 27.2. The first kappa shape index (κ1) is 66.4. The van der Waals surface area contributed by atoms with Crippen LogP contribution in [0.1, 0.15) is 181 Å². The summed E-state index contributed by atoms with van der Waals surface area (Å²) in [5, 5.41) is 13.8. The Balaban J connectivity index is 4.14. The number of allylic oxidation sites excluding steroid dienone is 23. The minimum Gasteiger partial charge on any atom is -0.387 e. The van der Waals surface area contributed by atoms with Crippen LogP contribution in [0.3, 0.4) is 0 Å². The molecular formula is C61H102N2O6P+. The van der Waals surface area contributed by atoms with Crippen molar-refractivity contribution in [2.45, 2.75) is 193 Å². The van der Waals surface area contributed by atoms with Gasteiger partial charge in [0.25, 0.3) is 0 Å². The molecule has 0 fully saturated rings. The minimum atomic E-state index is -4.35. The van der Waals surface area contributed by atoms with Gasteiger partial charge in [0.1, 0.15) is 13.2 Å². The number of hydrogen-bond acceptors (Lipinski definition) is 5. The van der Waals surface area contributed by atoms with Gasteiger partial charge in [-0.1, -0.05) is 217 Å². The molecule has 0 aromatic carbocycles. The first-order valence-corrected chi connectivity index (χ1v) is 28.7. The van der Waals surface area contributed by atoms with Gasteiger partial charge in [-0.15, -0.1) is 0 Å². The summed E-state index contributed by atoms with van der Waals surface area (Å²) in [6, 6.07) is -0.865. The summed E-state index contributed by atoms with van der Waals surface area (Å²) in [6.45, 7) is 4.62. The van der Waals surface area contributed by atoms with E-state index >= 15 is 0 Å². The Labute approximate surface area is 429 Å². The maximum Gasteiger partial charge on any atom is 0.472 e. The van der Waals surface area contributed by atoms with E-state index in [0.717, 1.165) is 128 Å². The lowest BCUT2D eigenvalue weighted by Crippen LogP contribution is -2.45. The predicted molar refractivity (Wildman–Crippen MR) is 304 cm³/mol. The van der Waals surface area contributed by atoms with E-state index < -0.39 is 20.0 Å². The molecule has 3 N–H and O–H groups in total. The van der Waals surface area contributed by atoms with Crippen molar-refractivity contribution in [3.63, 3.8) is 0 Å². The summed E-state index contributed by atoms with van der Waals surface area (Å²) < 4.78 is 23.5. The Morgan fingerprint density at radius 1 is 0.500 bits per heavy atom. The number of phosphoric acid groups is 1. The summed E-state index contributed by atoms with van der Waals surface area (Å²) in [5.74, 6) is -0.206. The molecule has 9 heteroatoms. The number of carbonyl (C=O) groups excluding carboxylic acids is 1. The van der Waals surface area contributed by atoms with Gasteiger partial charge in [-0.25, -0.2) is 4.57 Å². The third-order valence-electron chi connectivity index (χ3n) is 11.1. The molecular weight excluding hydrogens is 888 g/mol. The van der Waals surface area contributed by atoms with Crippen LogP contribution >= 0.6 is 7.82 Å². The molecule has 396 valence electrons. The van der Waals surface area contributed by atoms with Crippen LogP contribution < -0.4 is 5.32 Å². The Bertz CT molecular complexity index is 1640. The van der Waals surface area contributed by atoms with Crippen LogP contribution in [0.4, 0.5) is 0 Å². The number of amides is 1. The lowest BCUT2D eigenvalue weighted by atomic mass is 10.1. The highest BCUT2D eigenvalue weighted by atomic mass is 31.2. The number of quaternary nitrogens is 1. The standard InChI is InChI=1S/C61H101N2O6P/c1-6-8-10-12-14-16-17-18-19-20-21-22-23-24-25-26-27-28-29-30-31-32-33-34-35-36-37-38-39-40-41-42-43-44-45-47-49-51-53-55-61(65)62-59(58-69-70(66,67)68-57-56-63(3,4)5)60(64)54-52-50-48-46-15-13-11-9-7-2/h8,10,14,16,18-19,21-22,24-25,27-28,30-31,33-34,36-37,39-40,42-43,52,54,59-60,64H,6-7,9,11-13,15,17,20,23,26,29,32,35,38,41,44-51,53,55-58H2,1-5H3,(H-,62,65,66,67)/p+1/b10-8-,16-14-,19-18-,22-21-,25-24-,28-27-,31-30-,34-33-,37-36-,40-39-,43-42-,54-52+. The second-order valence-corrected chi connectivity index (χ2v) is 20.3. The first-order chi connectivity index (χ1) is 34.0. The molecule has 0 saturated carbocycles. The monoisotopic (exact) mass is 990 g/mol. The summed E-state index contributed by atoms with van der Waals surface area (Å²) in [5.41, 5.74) is 0. The molecule has 1 amide bonds. The zero-order valence-electron chi connectivity index (χ0n) is 44.9. The van der Waals surface area contributed by atoms with E-state index in [1.54, 1.807) is 6.08 Å². The molecule has 0 saturated heterocycles. The molecule has 0 heterocycles. The minimum absolute atomic E-state index is 0.0492. The molecule has 0 aliphatic heterocycles. The number of hydrogen-bond donors (Lipinski definition) is 3. The van der Waals surface area contributed by atoms with Gasteiger partial charge in [0.15, 0.2) is 0 Å². The number of phosphoric ester groups is 1. The second kappa shape index (κ2) is 50.3. The van der Waals surface area contributed by atoms with E-state index in [9.17, 15) is 19.4 Å². The van der Waals surface area contributed by atoms with Crippen molar-refractivity contribution < 1.29 is 32.9 Å². The topological polar surface area (TPSA) is 105 Å². The predicted octanol–water partition coefficient (Wildman–Crippen LogP) is 16.5. The summed E-state index contributed by atoms with van der Waals surface area (Å²) in [4.78, 5) is 23.1. The highest BCUT2D eigenvalue weighted by Gasteiger charge is 2.27. The SMILES string of the molecule is CC/C=C\C/C=C\C/C=C\C/C=C\C/C=C\C/C=C\C/C=C\C/C=C\C/C=C\C/C=C\C/C=C\CCCCCCCC(=O)NC(COP(=O)(O)OCC[N+](C)(C)C)C(O)/C=C/CCCCCCCCC. The molecule has 0 aliphatic rings. The molecule has 0 radical (unpaired) electrons. The number of likely N-dealkylation sites (N-methyl/N-ethyl adjacent to an activating group) is 1. The Morgan fingerprint density at radius 3 is 1.26 bits per heavy atom. The average Bonchev–Trinajstić information content (AvgIpc) is 3.32. The maximum absolute atomic E-state index is 12.9. The molecule has 0 spiro atoms. The van der Waals surface area contributed by atoms with Crippen molar-refractivity contribution >= 4 is 13.7 Å². The van der Waals surface area contributed by atoms with Gasteiger partial charge in [-0.3, -0.25) is 13.8 Å². The van der Waals surface area contributed by atoms with E-state index in [4.69, 9.17) is 9.05 Å². The fourth-order valence-corrected chi connectivity index (χ4v) is 7.54. The number of nitrogens with one attached hydrogen (secondary N) is 1. The van der Waals surface area contributed by atoms with Gasteiger partial charge in [-0.2, -0.15) is 0 Å². The van der Waals surface area contributed by atoms with Crippen molar-refractivity contribution in [1.29, 1.82) is 0 Å². The van der Waals surface area contributed by atoms with Gasteiger partial charge in [0.2, 0.25) is 5.91 Å². The number of aliphatic hydroxyl groups excluding tert-OH is 1. The number of carbonyl (C=O) groups is 1. The van der Waals surface area contributed by atoms with Crippen LogP contribution in [-0.2, 0) is 18.4 Å². The van der Waals surface area contributed by atoms with Crippen LogP contribution in [0.5, 0.6) is 0 Å². The number of rotatable bonds is 47. The van der Waals surface area contributed by atoms with Crippen LogP contribution in [0.2, 0.25) is 0 Å². The lowest BCUT2D eigenvalue weighted by Gasteiger charge is -2.25. The number of nitrogens with zero attached hydrogens (tertiary/aromatic N) is 1. The molecule has 3 atom stereocenters. The van der Waals surface area contributed by atoms with Gasteiger partial charge in [-0.05, 0) is 103 Å². The molecule has 0 aromatic heterocycles. The van der Waals surface area contributed by atoms with E-state index in [2.05, 4.69) is 153 Å². The maximum atomic E-state index is 12.9. The average molecular weight is 990 g/mol. The van der Waals surface area contributed by atoms with Crippen molar-refractivity contribution in [1.82, 2.24) is 5.32 Å². The van der Waals surface area contributed by atoms with Crippen LogP contribution in [0.15, 0.2) is 146 Å². The number of unbranched alkanes of at least 4 members (excludes halogenated alkanes) is 12. The van der Waals surface area contributed by atoms with Crippen molar-refractivity contribution in [3.05, 3.63) is 146 Å². The van der Waals surface area contributed by atoms with Gasteiger partial charge >= 0.3 is 7.82 Å². The van der Waals surface area contributed by atoms with Crippen LogP contribution in [0.25, 0.3) is 0 Å². The van der Waals surface area contributed by atoms with Crippen molar-refractivity contribution in [3.8, 4) is 0 Å². The normalized spacial score (nSPS) is 15.1. The quantitative estimate of drug-likeness (QED) is 0.0243. The smallest absolute Gasteiger partial charge is 0.387 e. The highest BCUT2D eigenvalue weighted by molar-refractivity contribution is 7.47. The third kappa shape index (κ3) is 52.2. The van der Waals surface area contributed by atoms with Gasteiger partial charge < -0.3 is 19.8 Å². The molecule has 70 heavy (non-hydrogen) atoms. The second-order valence-electron chi connectivity index (χ2n) is 18.9. The zero-order chi connectivity index (χ0) is 51.3. The van der Waals surface area contributed by atoms with E-state index in [-0.39, 0.29) is 19.1 Å². The van der Waals surface area contributed by atoms with E-state index in [1.165, 1.54) is 32.1 Å². The summed E-state index contributed by atoms with van der Waals surface area (Å²) in [6.07, 6.45) is 78.1. The summed E-state index contributed by atoms with van der Waals surface area (Å²) in [7, 11) is 1.53. The molecule has 0 aromatic rings. The zero-order valence-corrected chi connectivity index (χ0v) is 45.8. The van der Waals surface area contributed by atoms with Gasteiger partial charge in [0, 0.05) is 6.42 Å². The molecule has 0 aliphatic carbocycles. The largest absolute Gasteiger partial charge is 0.472 e. The van der Waals surface area contributed by atoms with E-state index in [1.807, 2.05) is 27.2 Å². The van der Waals surface area contributed by atoms with Crippen molar-refractivity contribution in [2.75, 3.05) is 40.9 Å². The lowest BCUT2D eigenvalue weighted by molar-refractivity contribution is -0.870. The summed E-state index contributed by atoms with van der Waals surface area (Å²) >= 11 is 0. The number of aliphatic hydroxyl groups is 1. The molecule has 8 nitrogen and oxygen atoms in total. The van der Waals surface area contributed by atoms with Crippen molar-refractivity contribution in [2.24, 2.45) is 0 Å². The Kier molecular flexibility index (Phi) is 47.7. The van der Waals surface area contributed by atoms with Crippen LogP contribution in [-0.4, -0.2) is 73.4 Å². The van der Waals surface area contributed by atoms with Gasteiger partial charge in [0.05, 0.1) is 39.9 Å². The highest BCUT2D eigenvalue weighted by Crippen LogP contribution is 2.43. The third-order valence-corrected chi connectivity index (χ3v) is 12.0. The van der Waals surface area contributed by atoms with Crippen LogP contribution in [0, 0.1) is 0 Å². The molecule has 0 rings (SSSR count). The molecule has 0 bridgehead atoms. The Morgan fingerprint density at radius 2 is 0.857 bits per heavy atom. The molecule has 3 unspecified atom stereocenters. The van der Waals surface area contributed by atoms with E-state index in [0.29, 0.717) is 17.4 Å².